The van der Waals surface area contributed by atoms with E-state index in [-0.39, 0.29) is 0 Å². The fraction of sp³-hybridized carbons (Fsp3) is 1.00. The summed E-state index contributed by atoms with van der Waals surface area (Å²) in [5, 5.41) is 3.25. The minimum Gasteiger partial charge on any atom is -0.375 e. The van der Waals surface area contributed by atoms with Gasteiger partial charge in [0.15, 0.2) is 0 Å². The van der Waals surface area contributed by atoms with Crippen molar-refractivity contribution in [1.29, 1.82) is 0 Å². The molecule has 0 aromatic rings. The highest BCUT2D eigenvalue weighted by molar-refractivity contribution is 4.94. The van der Waals surface area contributed by atoms with Crippen molar-refractivity contribution in [2.45, 2.75) is 37.5 Å². The molecular weight excluding hydrogens is 157 g/mol. The van der Waals surface area contributed by atoms with Crippen LogP contribution in [0.25, 0.3) is 0 Å². The second kappa shape index (κ2) is 3.30. The van der Waals surface area contributed by atoms with E-state index in [2.05, 4.69) is 5.32 Å². The normalized spacial score (nSPS) is 28.8. The van der Waals surface area contributed by atoms with Crippen molar-refractivity contribution in [3.63, 3.8) is 0 Å². The molecule has 3 heteroatoms. The molecule has 0 amide bonds. The Morgan fingerprint density at radius 1 is 1.33 bits per heavy atom. The lowest BCUT2D eigenvalue weighted by Crippen LogP contribution is -2.33. The molecular formula is C9H16FNO. The molecule has 0 aromatic heterocycles. The largest absolute Gasteiger partial charge is 0.375 e. The van der Waals surface area contributed by atoms with Gasteiger partial charge >= 0.3 is 0 Å². The van der Waals surface area contributed by atoms with Crippen molar-refractivity contribution in [2.75, 3.05) is 19.7 Å². The second-order valence-electron chi connectivity index (χ2n) is 3.91. The van der Waals surface area contributed by atoms with Crippen LogP contribution in [0.4, 0.5) is 4.39 Å². The van der Waals surface area contributed by atoms with Crippen LogP contribution in [0.3, 0.4) is 0 Å². The predicted octanol–water partition coefficient (Wildman–Crippen LogP) is 1.26. The second-order valence-corrected chi connectivity index (χ2v) is 3.91. The van der Waals surface area contributed by atoms with E-state index >= 15 is 0 Å². The Hall–Kier alpha value is -0.150. The van der Waals surface area contributed by atoms with Gasteiger partial charge in [-0.2, -0.15) is 0 Å². The van der Waals surface area contributed by atoms with Gasteiger partial charge in [-0.15, -0.1) is 0 Å². The number of hydrogen-bond acceptors (Lipinski definition) is 2. The van der Waals surface area contributed by atoms with Crippen molar-refractivity contribution in [3.8, 4) is 0 Å². The zero-order valence-corrected chi connectivity index (χ0v) is 7.31. The number of alkyl halides is 1. The van der Waals surface area contributed by atoms with Crippen LogP contribution >= 0.6 is 0 Å². The van der Waals surface area contributed by atoms with E-state index in [9.17, 15) is 4.39 Å². The molecule has 1 heterocycles. The number of hydrogen-bond donors (Lipinski definition) is 1. The Morgan fingerprint density at radius 2 is 2.00 bits per heavy atom. The molecule has 12 heavy (non-hydrogen) atoms. The Kier molecular flexibility index (Phi) is 2.33. The van der Waals surface area contributed by atoms with Crippen LogP contribution in [-0.2, 0) is 4.74 Å². The number of ether oxygens (including phenoxy) is 1. The summed E-state index contributed by atoms with van der Waals surface area (Å²) < 4.78 is 18.6. The Balaban J connectivity index is 1.65. The summed E-state index contributed by atoms with van der Waals surface area (Å²) in [5.41, 5.74) is -0.940. The van der Waals surface area contributed by atoms with Crippen molar-refractivity contribution in [1.82, 2.24) is 5.32 Å². The maximum Gasteiger partial charge on any atom is 0.134 e. The molecule has 2 nitrogen and oxygen atoms in total. The third-order valence-electron chi connectivity index (χ3n) is 2.66. The minimum atomic E-state index is -0.940. The van der Waals surface area contributed by atoms with Crippen LogP contribution in [0.1, 0.15) is 25.7 Å². The predicted molar refractivity (Wildman–Crippen MR) is 44.9 cm³/mol. The van der Waals surface area contributed by atoms with Crippen LogP contribution in [0.5, 0.6) is 0 Å². The Morgan fingerprint density at radius 3 is 2.58 bits per heavy atom. The van der Waals surface area contributed by atoms with Gasteiger partial charge in [0, 0.05) is 0 Å². The molecule has 1 saturated carbocycles. The third kappa shape index (κ3) is 2.17. The van der Waals surface area contributed by atoms with E-state index < -0.39 is 5.67 Å². The van der Waals surface area contributed by atoms with E-state index in [4.69, 9.17) is 4.74 Å². The van der Waals surface area contributed by atoms with Gasteiger partial charge in [0.2, 0.25) is 0 Å². The first-order chi connectivity index (χ1) is 5.79. The first kappa shape index (κ1) is 8.45. The molecule has 2 aliphatic rings. The molecule has 1 aliphatic carbocycles. The number of rotatable bonds is 3. The van der Waals surface area contributed by atoms with Crippen LogP contribution in [0.2, 0.25) is 0 Å². The first-order valence-electron chi connectivity index (χ1n) is 4.80. The van der Waals surface area contributed by atoms with E-state index in [0.29, 0.717) is 25.6 Å². The zero-order chi connectivity index (χ0) is 8.44. The number of piperidine rings is 1. The van der Waals surface area contributed by atoms with Gasteiger partial charge in [-0.05, 0) is 38.8 Å². The highest BCUT2D eigenvalue weighted by atomic mass is 19.1. The van der Waals surface area contributed by atoms with Crippen LogP contribution in [0.15, 0.2) is 0 Å². The van der Waals surface area contributed by atoms with Crippen LogP contribution in [-0.4, -0.2) is 31.5 Å². The smallest absolute Gasteiger partial charge is 0.134 e. The number of halogens is 1. The standard InChI is InChI=1S/C9H16FNO/c10-9(3-4-9)7-12-8-1-5-11-6-2-8/h8,11H,1-7H2. The van der Waals surface area contributed by atoms with Gasteiger partial charge in [-0.25, -0.2) is 4.39 Å². The van der Waals surface area contributed by atoms with Gasteiger partial charge in [0.25, 0.3) is 0 Å². The Labute approximate surface area is 72.5 Å². The summed E-state index contributed by atoms with van der Waals surface area (Å²) in [4.78, 5) is 0. The molecule has 0 aromatic carbocycles. The van der Waals surface area contributed by atoms with Gasteiger partial charge in [-0.1, -0.05) is 0 Å². The van der Waals surface area contributed by atoms with Gasteiger partial charge in [-0.3, -0.25) is 0 Å². The third-order valence-corrected chi connectivity index (χ3v) is 2.66. The van der Waals surface area contributed by atoms with E-state index in [1.807, 2.05) is 0 Å². The lowest BCUT2D eigenvalue weighted by atomic mass is 10.1. The summed E-state index contributed by atoms with van der Waals surface area (Å²) in [6.45, 7) is 2.37. The van der Waals surface area contributed by atoms with Crippen molar-refractivity contribution < 1.29 is 9.13 Å². The average molecular weight is 173 g/mol. The molecule has 1 N–H and O–H groups in total. The SMILES string of the molecule is FC1(COC2CCNCC2)CC1. The molecule has 0 atom stereocenters. The minimum absolute atomic E-state index is 0.305. The lowest BCUT2D eigenvalue weighted by molar-refractivity contribution is -0.00413. The molecule has 0 radical (unpaired) electrons. The van der Waals surface area contributed by atoms with E-state index in [0.717, 1.165) is 25.9 Å². The summed E-state index contributed by atoms with van der Waals surface area (Å²) in [5.74, 6) is 0. The first-order valence-corrected chi connectivity index (χ1v) is 4.80. The molecule has 2 fully saturated rings. The molecule has 0 unspecified atom stereocenters. The van der Waals surface area contributed by atoms with E-state index in [1.54, 1.807) is 0 Å². The maximum absolute atomic E-state index is 13.1. The quantitative estimate of drug-likeness (QED) is 0.693. The summed E-state index contributed by atoms with van der Waals surface area (Å²) in [6.07, 6.45) is 3.79. The molecule has 0 bridgehead atoms. The fourth-order valence-electron chi connectivity index (χ4n) is 1.51. The van der Waals surface area contributed by atoms with Gasteiger partial charge in [0.1, 0.15) is 5.67 Å². The van der Waals surface area contributed by atoms with Crippen LogP contribution < -0.4 is 5.32 Å². The number of nitrogens with one attached hydrogen (secondary N) is 1. The molecule has 70 valence electrons. The lowest BCUT2D eigenvalue weighted by Gasteiger charge is -2.23. The zero-order valence-electron chi connectivity index (χ0n) is 7.31. The van der Waals surface area contributed by atoms with Crippen molar-refractivity contribution in [2.24, 2.45) is 0 Å². The van der Waals surface area contributed by atoms with Gasteiger partial charge in [0.05, 0.1) is 12.7 Å². The highest BCUT2D eigenvalue weighted by Gasteiger charge is 2.43. The van der Waals surface area contributed by atoms with Crippen molar-refractivity contribution >= 4 is 0 Å². The Bertz CT molecular complexity index is 153. The fourth-order valence-corrected chi connectivity index (χ4v) is 1.51. The summed E-state index contributed by atoms with van der Waals surface area (Å²) in [7, 11) is 0. The molecule has 1 aliphatic heterocycles. The molecule has 0 spiro atoms. The summed E-state index contributed by atoms with van der Waals surface area (Å²) >= 11 is 0. The topological polar surface area (TPSA) is 21.3 Å². The van der Waals surface area contributed by atoms with Crippen molar-refractivity contribution in [3.05, 3.63) is 0 Å². The summed E-state index contributed by atoms with van der Waals surface area (Å²) in [6, 6.07) is 0. The maximum atomic E-state index is 13.1. The average Bonchev–Trinajstić information content (AvgIpc) is 2.84. The molecule has 2 rings (SSSR count). The van der Waals surface area contributed by atoms with Crippen LogP contribution in [0, 0.1) is 0 Å². The monoisotopic (exact) mass is 173 g/mol. The highest BCUT2D eigenvalue weighted by Crippen LogP contribution is 2.40. The van der Waals surface area contributed by atoms with E-state index in [1.165, 1.54) is 0 Å². The molecule has 1 saturated heterocycles. The van der Waals surface area contributed by atoms with Gasteiger partial charge < -0.3 is 10.1 Å².